The first kappa shape index (κ1) is 17.2. The summed E-state index contributed by atoms with van der Waals surface area (Å²) in [6.07, 6.45) is 2.83. The molecule has 3 rings (SSSR count). The van der Waals surface area contributed by atoms with Gasteiger partial charge in [-0.1, -0.05) is 54.1 Å². The molecule has 0 saturated carbocycles. The van der Waals surface area contributed by atoms with Gasteiger partial charge in [-0.2, -0.15) is 0 Å². The van der Waals surface area contributed by atoms with Gasteiger partial charge in [-0.25, -0.2) is 4.98 Å². The third-order valence-corrected chi connectivity index (χ3v) is 4.32. The van der Waals surface area contributed by atoms with E-state index >= 15 is 0 Å². The van der Waals surface area contributed by atoms with Crippen LogP contribution >= 0.6 is 11.6 Å². The van der Waals surface area contributed by atoms with Crippen molar-refractivity contribution in [2.45, 2.75) is 18.8 Å². The van der Waals surface area contributed by atoms with Crippen LogP contribution in [0.15, 0.2) is 65.4 Å². The van der Waals surface area contributed by atoms with E-state index in [0.717, 1.165) is 12.0 Å². The molecule has 4 nitrogen and oxygen atoms in total. The first-order chi connectivity index (χ1) is 12.2. The Hall–Kier alpha value is -2.59. The Balaban J connectivity index is 1.88. The van der Waals surface area contributed by atoms with Crippen molar-refractivity contribution in [1.82, 2.24) is 4.98 Å². The molecular formula is C20H18ClNO3. The summed E-state index contributed by atoms with van der Waals surface area (Å²) in [5.74, 6) is -0.321. The number of esters is 1. The smallest absolute Gasteiger partial charge is 0.319 e. The minimum absolute atomic E-state index is 0.378. The number of methoxy groups -OCH3 is 1. The molecule has 2 aromatic carbocycles. The van der Waals surface area contributed by atoms with Crippen molar-refractivity contribution in [2.24, 2.45) is 0 Å². The lowest BCUT2D eigenvalue weighted by molar-refractivity contribution is -0.141. The third-order valence-electron chi connectivity index (χ3n) is 4.07. The highest BCUT2D eigenvalue weighted by Crippen LogP contribution is 2.29. The van der Waals surface area contributed by atoms with E-state index in [0.29, 0.717) is 22.9 Å². The maximum Gasteiger partial charge on any atom is 0.319 e. The van der Waals surface area contributed by atoms with Crippen LogP contribution in [0, 0.1) is 0 Å². The van der Waals surface area contributed by atoms with Crippen LogP contribution in [0.3, 0.4) is 0 Å². The number of rotatable bonds is 6. The average molecular weight is 356 g/mol. The van der Waals surface area contributed by atoms with Crippen molar-refractivity contribution in [2.75, 3.05) is 7.11 Å². The molecule has 0 aliphatic carbocycles. The van der Waals surface area contributed by atoms with Crippen molar-refractivity contribution >= 4 is 17.6 Å². The molecule has 0 radical (unpaired) electrons. The maximum atomic E-state index is 12.4. The number of hydrogen-bond acceptors (Lipinski definition) is 4. The highest BCUT2D eigenvalue weighted by Gasteiger charge is 2.29. The number of carbonyl (C=O) groups excluding carboxylic acids is 1. The lowest BCUT2D eigenvalue weighted by atomic mass is 9.93. The molecule has 0 aliphatic rings. The van der Waals surface area contributed by atoms with Gasteiger partial charge in [0, 0.05) is 11.4 Å². The quantitative estimate of drug-likeness (QED) is 0.614. The second-order valence-corrected chi connectivity index (χ2v) is 6.09. The fourth-order valence-electron chi connectivity index (χ4n) is 2.78. The van der Waals surface area contributed by atoms with E-state index in [-0.39, 0.29) is 5.97 Å². The number of hydrogen-bond donors (Lipinski definition) is 0. The van der Waals surface area contributed by atoms with Crippen LogP contribution < -0.4 is 0 Å². The summed E-state index contributed by atoms with van der Waals surface area (Å²) in [4.78, 5) is 16.7. The predicted octanol–water partition coefficient (Wildman–Crippen LogP) is 4.42. The van der Waals surface area contributed by atoms with Gasteiger partial charge >= 0.3 is 5.97 Å². The van der Waals surface area contributed by atoms with Crippen LogP contribution in [-0.4, -0.2) is 18.1 Å². The van der Waals surface area contributed by atoms with Crippen molar-refractivity contribution in [3.63, 3.8) is 0 Å². The Bertz CT molecular complexity index is 828. The Morgan fingerprint density at radius 1 is 1.12 bits per heavy atom. The summed E-state index contributed by atoms with van der Waals surface area (Å²) in [6.45, 7) is 0. The van der Waals surface area contributed by atoms with Gasteiger partial charge in [0.25, 0.3) is 0 Å². The Morgan fingerprint density at radius 3 is 2.52 bits per heavy atom. The molecule has 1 aromatic heterocycles. The first-order valence-corrected chi connectivity index (χ1v) is 8.36. The summed E-state index contributed by atoms with van der Waals surface area (Å²) in [5, 5.41) is 0.608. The van der Waals surface area contributed by atoms with Crippen LogP contribution in [0.5, 0.6) is 0 Å². The monoisotopic (exact) mass is 355 g/mol. The number of halogens is 1. The molecule has 128 valence electrons. The summed E-state index contributed by atoms with van der Waals surface area (Å²) in [6, 6.07) is 17.2. The maximum absolute atomic E-state index is 12.4. The molecule has 25 heavy (non-hydrogen) atoms. The normalized spacial score (nSPS) is 11.9. The van der Waals surface area contributed by atoms with Gasteiger partial charge in [-0.05, 0) is 29.7 Å². The van der Waals surface area contributed by atoms with Crippen LogP contribution in [0.4, 0.5) is 0 Å². The van der Waals surface area contributed by atoms with E-state index in [4.69, 9.17) is 20.8 Å². The number of aromatic nitrogens is 1. The molecule has 0 aliphatic heterocycles. The number of benzene rings is 2. The Kier molecular flexibility index (Phi) is 5.51. The Morgan fingerprint density at radius 2 is 1.84 bits per heavy atom. The van der Waals surface area contributed by atoms with Crippen molar-refractivity contribution in [3.8, 4) is 0 Å². The number of ether oxygens (including phenoxy) is 1. The van der Waals surface area contributed by atoms with Crippen molar-refractivity contribution < 1.29 is 13.9 Å². The molecule has 0 bridgehead atoms. The molecule has 1 atom stereocenters. The van der Waals surface area contributed by atoms with Crippen molar-refractivity contribution in [3.05, 3.63) is 88.6 Å². The second-order valence-electron chi connectivity index (χ2n) is 5.65. The zero-order chi connectivity index (χ0) is 17.6. The van der Waals surface area contributed by atoms with Gasteiger partial charge in [0.2, 0.25) is 0 Å². The molecular weight excluding hydrogens is 338 g/mol. The summed E-state index contributed by atoms with van der Waals surface area (Å²) in [7, 11) is 1.37. The number of nitrogens with zero attached hydrogens (tertiary/aromatic N) is 1. The van der Waals surface area contributed by atoms with Crippen molar-refractivity contribution in [1.29, 1.82) is 0 Å². The zero-order valence-corrected chi connectivity index (χ0v) is 14.6. The van der Waals surface area contributed by atoms with Gasteiger partial charge in [-0.15, -0.1) is 0 Å². The fourth-order valence-corrected chi connectivity index (χ4v) is 2.91. The van der Waals surface area contributed by atoms with Crippen LogP contribution in [0.25, 0.3) is 0 Å². The highest BCUT2D eigenvalue weighted by atomic mass is 35.5. The van der Waals surface area contributed by atoms with E-state index in [9.17, 15) is 4.79 Å². The average Bonchev–Trinajstić information content (AvgIpc) is 3.10. The van der Waals surface area contributed by atoms with E-state index in [2.05, 4.69) is 17.1 Å². The molecule has 5 heteroatoms. The summed E-state index contributed by atoms with van der Waals surface area (Å²) < 4.78 is 10.5. The topological polar surface area (TPSA) is 52.3 Å². The lowest BCUT2D eigenvalue weighted by Crippen LogP contribution is -2.17. The largest absolute Gasteiger partial charge is 0.468 e. The lowest BCUT2D eigenvalue weighted by Gasteiger charge is -2.14. The molecule has 3 aromatic rings. The van der Waals surface area contributed by atoms with Crippen LogP contribution in [0.1, 0.15) is 28.5 Å². The highest BCUT2D eigenvalue weighted by molar-refractivity contribution is 6.30. The van der Waals surface area contributed by atoms with E-state index < -0.39 is 5.92 Å². The molecule has 0 spiro atoms. The van der Waals surface area contributed by atoms with Gasteiger partial charge in [-0.3, -0.25) is 4.79 Å². The van der Waals surface area contributed by atoms with E-state index in [1.807, 2.05) is 18.2 Å². The minimum atomic E-state index is -0.633. The molecule has 1 heterocycles. The molecule has 0 saturated heterocycles. The third kappa shape index (κ3) is 4.09. The van der Waals surface area contributed by atoms with Gasteiger partial charge in [0.05, 0.1) is 7.11 Å². The first-order valence-electron chi connectivity index (χ1n) is 7.98. The molecule has 1 unspecified atom stereocenters. The van der Waals surface area contributed by atoms with Crippen LogP contribution in [-0.2, 0) is 22.4 Å². The zero-order valence-electron chi connectivity index (χ0n) is 13.8. The summed E-state index contributed by atoms with van der Waals surface area (Å²) in [5.41, 5.74) is 2.56. The van der Waals surface area contributed by atoms with E-state index in [1.165, 1.54) is 19.1 Å². The Labute approximate surface area is 151 Å². The molecule has 0 amide bonds. The second kappa shape index (κ2) is 7.99. The standard InChI is InChI=1S/C20H18ClNO3/c1-24-20(23)18(15-8-10-16(21)11-9-15)19-17(25-13-22-19)12-7-14-5-3-2-4-6-14/h2-6,8-11,13,18H,7,12H2,1H3. The number of oxazole rings is 1. The molecule has 0 N–H and O–H groups in total. The number of aryl methyl sites for hydroxylation is 2. The van der Waals surface area contributed by atoms with Gasteiger partial charge in [0.1, 0.15) is 17.4 Å². The van der Waals surface area contributed by atoms with E-state index in [1.54, 1.807) is 24.3 Å². The number of carbonyl (C=O) groups is 1. The van der Waals surface area contributed by atoms with Crippen LogP contribution in [0.2, 0.25) is 5.02 Å². The fraction of sp³-hybridized carbons (Fsp3) is 0.200. The summed E-state index contributed by atoms with van der Waals surface area (Å²) >= 11 is 5.95. The van der Waals surface area contributed by atoms with Gasteiger partial charge in [0.15, 0.2) is 6.39 Å². The SMILES string of the molecule is COC(=O)C(c1ccc(Cl)cc1)c1ncoc1CCc1ccccc1. The minimum Gasteiger partial charge on any atom is -0.468 e. The van der Waals surface area contributed by atoms with Gasteiger partial charge < -0.3 is 9.15 Å². The molecule has 0 fully saturated rings. The predicted molar refractivity (Wildman–Crippen MR) is 95.7 cm³/mol.